The molecule has 0 bridgehead atoms. The molecule has 1 aromatic rings. The molecule has 0 spiro atoms. The molecule has 1 aliphatic carbocycles. The average Bonchev–Trinajstić information content (AvgIpc) is 2.44. The lowest BCUT2D eigenvalue weighted by atomic mass is 9.85. The van der Waals surface area contributed by atoms with Gasteiger partial charge in [0.2, 0.25) is 10.0 Å². The SMILES string of the molecule is CNS(=O)(=O)c1ccc(CN=C(N)NCC2CCC2)cc1. The standard InChI is InChI=1S/C14H22N4O2S/c1-16-21(19,20)13-7-5-12(6-8-13)10-18-14(15)17-9-11-3-2-4-11/h5-8,11,16H,2-4,9-10H2,1H3,(H3,15,17,18). The Kier molecular flexibility index (Phi) is 5.19. The van der Waals surface area contributed by atoms with Gasteiger partial charge in [-0.25, -0.2) is 18.1 Å². The molecule has 116 valence electrons. The summed E-state index contributed by atoms with van der Waals surface area (Å²) >= 11 is 0. The van der Waals surface area contributed by atoms with Crippen LogP contribution in [0.25, 0.3) is 0 Å². The predicted molar refractivity (Wildman–Crippen MR) is 83.4 cm³/mol. The normalized spacial score (nSPS) is 16.5. The Bertz CT molecular complexity index is 592. The number of hydrogen-bond acceptors (Lipinski definition) is 3. The van der Waals surface area contributed by atoms with Crippen LogP contribution in [0, 0.1) is 5.92 Å². The fourth-order valence-electron chi connectivity index (χ4n) is 2.07. The first-order valence-electron chi connectivity index (χ1n) is 7.07. The van der Waals surface area contributed by atoms with E-state index in [0.717, 1.165) is 18.0 Å². The van der Waals surface area contributed by atoms with Crippen LogP contribution in [-0.4, -0.2) is 28.0 Å². The second kappa shape index (κ2) is 6.91. The third-order valence-corrected chi connectivity index (χ3v) is 5.16. The fourth-order valence-corrected chi connectivity index (χ4v) is 2.80. The quantitative estimate of drug-likeness (QED) is 0.535. The average molecular weight is 310 g/mol. The molecule has 21 heavy (non-hydrogen) atoms. The van der Waals surface area contributed by atoms with E-state index in [4.69, 9.17) is 5.73 Å². The van der Waals surface area contributed by atoms with Gasteiger partial charge in [0.15, 0.2) is 5.96 Å². The molecule has 0 radical (unpaired) electrons. The molecule has 2 rings (SSSR count). The number of nitrogens with zero attached hydrogens (tertiary/aromatic N) is 1. The first-order valence-corrected chi connectivity index (χ1v) is 8.56. The first kappa shape index (κ1) is 15.8. The van der Waals surface area contributed by atoms with E-state index >= 15 is 0 Å². The summed E-state index contributed by atoms with van der Waals surface area (Å²) in [6.07, 6.45) is 3.84. The van der Waals surface area contributed by atoms with Crippen LogP contribution in [-0.2, 0) is 16.6 Å². The van der Waals surface area contributed by atoms with Gasteiger partial charge in [0.1, 0.15) is 0 Å². The van der Waals surface area contributed by atoms with E-state index in [-0.39, 0.29) is 4.90 Å². The molecule has 0 saturated heterocycles. The van der Waals surface area contributed by atoms with E-state index in [2.05, 4.69) is 15.0 Å². The molecule has 1 aromatic carbocycles. The topological polar surface area (TPSA) is 96.6 Å². The number of guanidine groups is 1. The smallest absolute Gasteiger partial charge is 0.240 e. The molecule has 1 aliphatic rings. The Morgan fingerprint density at radius 1 is 1.33 bits per heavy atom. The molecule has 0 heterocycles. The monoisotopic (exact) mass is 310 g/mol. The zero-order valence-corrected chi connectivity index (χ0v) is 13.0. The van der Waals surface area contributed by atoms with Gasteiger partial charge in [0.25, 0.3) is 0 Å². The van der Waals surface area contributed by atoms with Crippen molar-refractivity contribution in [1.82, 2.24) is 10.0 Å². The lowest BCUT2D eigenvalue weighted by molar-refractivity contribution is 0.315. The van der Waals surface area contributed by atoms with Gasteiger partial charge in [-0.3, -0.25) is 0 Å². The highest BCUT2D eigenvalue weighted by atomic mass is 32.2. The van der Waals surface area contributed by atoms with Crippen molar-refractivity contribution in [2.24, 2.45) is 16.6 Å². The van der Waals surface area contributed by atoms with E-state index in [1.807, 2.05) is 0 Å². The highest BCUT2D eigenvalue weighted by molar-refractivity contribution is 7.89. The summed E-state index contributed by atoms with van der Waals surface area (Å²) in [6.45, 7) is 1.32. The number of nitrogens with two attached hydrogens (primary N) is 1. The van der Waals surface area contributed by atoms with Crippen molar-refractivity contribution in [3.05, 3.63) is 29.8 Å². The summed E-state index contributed by atoms with van der Waals surface area (Å²) in [6, 6.07) is 6.61. The molecular formula is C14H22N4O2S. The fraction of sp³-hybridized carbons (Fsp3) is 0.500. The molecule has 1 fully saturated rings. The van der Waals surface area contributed by atoms with Crippen LogP contribution in [0.15, 0.2) is 34.2 Å². The zero-order valence-electron chi connectivity index (χ0n) is 12.2. The van der Waals surface area contributed by atoms with Crippen molar-refractivity contribution in [3.8, 4) is 0 Å². The molecule has 0 unspecified atom stereocenters. The molecule has 6 nitrogen and oxygen atoms in total. The van der Waals surface area contributed by atoms with Gasteiger partial charge < -0.3 is 11.1 Å². The number of benzene rings is 1. The molecular weight excluding hydrogens is 288 g/mol. The second-order valence-corrected chi connectivity index (χ2v) is 7.12. The van der Waals surface area contributed by atoms with Gasteiger partial charge in [-0.2, -0.15) is 0 Å². The van der Waals surface area contributed by atoms with Crippen molar-refractivity contribution in [1.29, 1.82) is 0 Å². The van der Waals surface area contributed by atoms with Crippen molar-refractivity contribution in [2.45, 2.75) is 30.7 Å². The van der Waals surface area contributed by atoms with Crippen LogP contribution in [0.5, 0.6) is 0 Å². The van der Waals surface area contributed by atoms with Crippen LogP contribution in [0.1, 0.15) is 24.8 Å². The maximum Gasteiger partial charge on any atom is 0.240 e. The van der Waals surface area contributed by atoms with Gasteiger partial charge >= 0.3 is 0 Å². The largest absolute Gasteiger partial charge is 0.370 e. The van der Waals surface area contributed by atoms with Crippen LogP contribution in [0.4, 0.5) is 0 Å². The number of nitrogens with one attached hydrogen (secondary N) is 2. The Morgan fingerprint density at radius 3 is 2.52 bits per heavy atom. The van der Waals surface area contributed by atoms with Crippen molar-refractivity contribution >= 4 is 16.0 Å². The number of aliphatic imine (C=N–C) groups is 1. The summed E-state index contributed by atoms with van der Waals surface area (Å²) in [4.78, 5) is 4.50. The van der Waals surface area contributed by atoms with E-state index < -0.39 is 10.0 Å². The van der Waals surface area contributed by atoms with Crippen LogP contribution < -0.4 is 15.8 Å². The highest BCUT2D eigenvalue weighted by Gasteiger charge is 2.16. The van der Waals surface area contributed by atoms with Crippen molar-refractivity contribution in [2.75, 3.05) is 13.6 Å². The minimum atomic E-state index is -3.38. The zero-order chi connectivity index (χ0) is 15.3. The van der Waals surface area contributed by atoms with Gasteiger partial charge in [-0.05, 0) is 43.5 Å². The molecule has 0 amide bonds. The minimum Gasteiger partial charge on any atom is -0.370 e. The lowest BCUT2D eigenvalue weighted by Crippen LogP contribution is -2.37. The van der Waals surface area contributed by atoms with Crippen molar-refractivity contribution in [3.63, 3.8) is 0 Å². The predicted octanol–water partition coefficient (Wildman–Crippen LogP) is 0.799. The highest BCUT2D eigenvalue weighted by Crippen LogP contribution is 2.24. The molecule has 0 aliphatic heterocycles. The summed E-state index contributed by atoms with van der Waals surface area (Å²) < 4.78 is 25.5. The second-order valence-electron chi connectivity index (χ2n) is 5.23. The van der Waals surface area contributed by atoms with Gasteiger partial charge in [-0.1, -0.05) is 18.6 Å². The summed E-state index contributed by atoms with van der Waals surface area (Å²) in [5.41, 5.74) is 6.72. The lowest BCUT2D eigenvalue weighted by Gasteiger charge is -2.25. The van der Waals surface area contributed by atoms with Gasteiger partial charge in [-0.15, -0.1) is 0 Å². The Balaban J connectivity index is 1.87. The Morgan fingerprint density at radius 2 is 2.00 bits per heavy atom. The van der Waals surface area contributed by atoms with E-state index in [0.29, 0.717) is 12.5 Å². The van der Waals surface area contributed by atoms with Crippen LogP contribution in [0.3, 0.4) is 0 Å². The van der Waals surface area contributed by atoms with E-state index in [1.165, 1.54) is 26.3 Å². The third kappa shape index (κ3) is 4.44. The maximum atomic E-state index is 11.6. The number of hydrogen-bond donors (Lipinski definition) is 3. The van der Waals surface area contributed by atoms with Crippen LogP contribution >= 0.6 is 0 Å². The molecule has 4 N–H and O–H groups in total. The van der Waals surface area contributed by atoms with Crippen molar-refractivity contribution < 1.29 is 8.42 Å². The van der Waals surface area contributed by atoms with Gasteiger partial charge in [0, 0.05) is 6.54 Å². The first-order chi connectivity index (χ1) is 10.0. The minimum absolute atomic E-state index is 0.244. The Labute approximate surface area is 125 Å². The van der Waals surface area contributed by atoms with Crippen LogP contribution in [0.2, 0.25) is 0 Å². The third-order valence-electron chi connectivity index (χ3n) is 3.73. The van der Waals surface area contributed by atoms with E-state index in [9.17, 15) is 8.42 Å². The molecule has 0 aromatic heterocycles. The molecule has 0 atom stereocenters. The summed E-state index contributed by atoms with van der Waals surface area (Å²) in [7, 11) is -1.99. The van der Waals surface area contributed by atoms with Gasteiger partial charge in [0.05, 0.1) is 11.4 Å². The Hall–Kier alpha value is -1.60. The molecule has 7 heteroatoms. The summed E-state index contributed by atoms with van der Waals surface area (Å²) in [5, 5.41) is 3.12. The maximum absolute atomic E-state index is 11.6. The number of rotatable bonds is 6. The van der Waals surface area contributed by atoms with E-state index in [1.54, 1.807) is 24.3 Å². The number of sulfonamides is 1. The summed E-state index contributed by atoms with van der Waals surface area (Å²) in [5.74, 6) is 1.17. The molecule has 1 saturated carbocycles.